The Kier molecular flexibility index (Phi) is 4.99. The number of thiazole rings is 1. The van der Waals surface area contributed by atoms with E-state index in [2.05, 4.69) is 29.5 Å². The van der Waals surface area contributed by atoms with Crippen molar-refractivity contribution < 1.29 is 0 Å². The molecule has 0 radical (unpaired) electrons. The van der Waals surface area contributed by atoms with Gasteiger partial charge < -0.3 is 5.32 Å². The highest BCUT2D eigenvalue weighted by molar-refractivity contribution is 7.09. The van der Waals surface area contributed by atoms with Gasteiger partial charge in [-0.15, -0.1) is 11.3 Å². The Labute approximate surface area is 109 Å². The molecule has 3 heteroatoms. The molecular formula is C14H24N2S. The van der Waals surface area contributed by atoms with Crippen LogP contribution >= 0.6 is 11.3 Å². The van der Waals surface area contributed by atoms with Gasteiger partial charge in [0.1, 0.15) is 0 Å². The first kappa shape index (κ1) is 13.0. The maximum absolute atomic E-state index is 4.39. The Morgan fingerprint density at radius 1 is 1.35 bits per heavy atom. The van der Waals surface area contributed by atoms with E-state index >= 15 is 0 Å². The van der Waals surface area contributed by atoms with Crippen molar-refractivity contribution in [3.8, 4) is 0 Å². The van der Waals surface area contributed by atoms with Gasteiger partial charge in [0, 0.05) is 30.1 Å². The van der Waals surface area contributed by atoms with Crippen molar-refractivity contribution in [3.63, 3.8) is 0 Å². The molecule has 0 spiro atoms. The lowest BCUT2D eigenvalue weighted by Gasteiger charge is -2.29. The maximum Gasteiger partial charge on any atom is 0.0965 e. The molecule has 17 heavy (non-hydrogen) atoms. The van der Waals surface area contributed by atoms with Gasteiger partial charge >= 0.3 is 0 Å². The molecule has 96 valence electrons. The monoisotopic (exact) mass is 252 g/mol. The first-order valence-corrected chi connectivity index (χ1v) is 7.78. The maximum atomic E-state index is 4.39. The predicted octanol–water partition coefficient (Wildman–Crippen LogP) is 3.81. The van der Waals surface area contributed by atoms with Gasteiger partial charge in [-0.1, -0.05) is 26.2 Å². The van der Waals surface area contributed by atoms with Gasteiger partial charge in [-0.25, -0.2) is 4.98 Å². The third-order valence-electron chi connectivity index (χ3n) is 3.98. The van der Waals surface area contributed by atoms with Gasteiger partial charge in [0.15, 0.2) is 0 Å². The van der Waals surface area contributed by atoms with Crippen LogP contribution in [-0.4, -0.2) is 17.6 Å². The zero-order valence-corrected chi connectivity index (χ0v) is 11.8. The molecule has 0 amide bonds. The lowest BCUT2D eigenvalue weighted by atomic mass is 9.84. The average Bonchev–Trinajstić information content (AvgIpc) is 2.90. The zero-order chi connectivity index (χ0) is 12.1. The second-order valence-electron chi connectivity index (χ2n) is 5.37. The van der Waals surface area contributed by atoms with Crippen molar-refractivity contribution in [2.24, 2.45) is 5.92 Å². The second kappa shape index (κ2) is 6.50. The van der Waals surface area contributed by atoms with Crippen molar-refractivity contribution in [1.29, 1.82) is 0 Å². The van der Waals surface area contributed by atoms with Crippen molar-refractivity contribution in [2.75, 3.05) is 6.54 Å². The third kappa shape index (κ3) is 3.78. The van der Waals surface area contributed by atoms with Crippen molar-refractivity contribution >= 4 is 11.3 Å². The largest absolute Gasteiger partial charge is 0.313 e. The molecule has 0 saturated heterocycles. The molecular weight excluding hydrogens is 228 g/mol. The second-order valence-corrected chi connectivity index (χ2v) is 6.29. The van der Waals surface area contributed by atoms with Crippen LogP contribution in [-0.2, 0) is 0 Å². The van der Waals surface area contributed by atoms with E-state index in [1.165, 1.54) is 37.1 Å². The molecule has 0 aromatic carbocycles. The molecule has 1 aromatic heterocycles. The van der Waals surface area contributed by atoms with E-state index < -0.39 is 0 Å². The van der Waals surface area contributed by atoms with Crippen LogP contribution < -0.4 is 5.32 Å². The highest BCUT2D eigenvalue weighted by atomic mass is 32.1. The van der Waals surface area contributed by atoms with Crippen molar-refractivity contribution in [1.82, 2.24) is 10.3 Å². The highest BCUT2D eigenvalue weighted by Crippen LogP contribution is 2.26. The Morgan fingerprint density at radius 3 is 2.76 bits per heavy atom. The van der Waals surface area contributed by atoms with Crippen molar-refractivity contribution in [2.45, 2.75) is 57.9 Å². The third-order valence-corrected chi connectivity index (χ3v) is 4.98. The van der Waals surface area contributed by atoms with Crippen LogP contribution in [0.25, 0.3) is 0 Å². The number of hydrogen-bond acceptors (Lipinski definition) is 3. The molecule has 2 rings (SSSR count). The van der Waals surface area contributed by atoms with E-state index in [0.29, 0.717) is 12.0 Å². The summed E-state index contributed by atoms with van der Waals surface area (Å²) in [4.78, 5) is 4.39. The summed E-state index contributed by atoms with van der Waals surface area (Å²) in [5.41, 5.74) is 0. The summed E-state index contributed by atoms with van der Waals surface area (Å²) >= 11 is 1.77. The summed E-state index contributed by atoms with van der Waals surface area (Å²) in [7, 11) is 0. The van der Waals surface area contributed by atoms with Gasteiger partial charge in [0.25, 0.3) is 0 Å². The number of nitrogens with one attached hydrogen (secondary N) is 1. The molecule has 2 unspecified atom stereocenters. The van der Waals surface area contributed by atoms with Gasteiger partial charge in [0.2, 0.25) is 0 Å². The molecule has 1 saturated carbocycles. The minimum absolute atomic E-state index is 0.543. The van der Waals surface area contributed by atoms with Crippen LogP contribution in [0.2, 0.25) is 0 Å². The predicted molar refractivity (Wildman–Crippen MR) is 74.6 cm³/mol. The highest BCUT2D eigenvalue weighted by Gasteiger charge is 2.20. The number of aromatic nitrogens is 1. The first-order chi connectivity index (χ1) is 8.27. The van der Waals surface area contributed by atoms with Gasteiger partial charge in [-0.2, -0.15) is 0 Å². The lowest BCUT2D eigenvalue weighted by Crippen LogP contribution is -2.36. The molecule has 1 N–H and O–H groups in total. The molecule has 1 heterocycles. The molecule has 2 atom stereocenters. The van der Waals surface area contributed by atoms with E-state index in [1.54, 1.807) is 11.3 Å². The summed E-state index contributed by atoms with van der Waals surface area (Å²) in [6.45, 7) is 5.68. The van der Waals surface area contributed by atoms with Gasteiger partial charge in [-0.3, -0.25) is 0 Å². The van der Waals surface area contributed by atoms with Crippen LogP contribution in [0.1, 0.15) is 56.9 Å². The van der Waals surface area contributed by atoms with Crippen LogP contribution in [0, 0.1) is 5.92 Å². The summed E-state index contributed by atoms with van der Waals surface area (Å²) in [5.74, 6) is 1.44. The SMILES string of the molecule is CC(CNC(C)C1CCCCC1)c1nccs1. The fourth-order valence-corrected chi connectivity index (χ4v) is 3.43. The number of hydrogen-bond donors (Lipinski definition) is 1. The fraction of sp³-hybridized carbons (Fsp3) is 0.786. The molecule has 0 aliphatic heterocycles. The van der Waals surface area contributed by atoms with E-state index in [9.17, 15) is 0 Å². The lowest BCUT2D eigenvalue weighted by molar-refractivity contribution is 0.279. The normalized spacial score (nSPS) is 21.3. The summed E-state index contributed by atoms with van der Waals surface area (Å²) in [6, 6.07) is 0.665. The number of rotatable bonds is 5. The van der Waals surface area contributed by atoms with Gasteiger partial charge in [-0.05, 0) is 25.7 Å². The van der Waals surface area contributed by atoms with Crippen LogP contribution in [0.3, 0.4) is 0 Å². The molecule has 1 aliphatic carbocycles. The minimum atomic E-state index is 0.543. The molecule has 1 fully saturated rings. The smallest absolute Gasteiger partial charge is 0.0965 e. The molecule has 0 bridgehead atoms. The first-order valence-electron chi connectivity index (χ1n) is 6.90. The van der Waals surface area contributed by atoms with Crippen LogP contribution in [0.4, 0.5) is 0 Å². The van der Waals surface area contributed by atoms with E-state index in [0.717, 1.165) is 12.5 Å². The average molecular weight is 252 g/mol. The van der Waals surface area contributed by atoms with Gasteiger partial charge in [0.05, 0.1) is 5.01 Å². The topological polar surface area (TPSA) is 24.9 Å². The quantitative estimate of drug-likeness (QED) is 0.862. The summed E-state index contributed by atoms with van der Waals surface area (Å²) in [6.07, 6.45) is 9.04. The van der Waals surface area contributed by atoms with E-state index in [1.807, 2.05) is 6.20 Å². The van der Waals surface area contributed by atoms with E-state index in [-0.39, 0.29) is 0 Å². The number of nitrogens with zero attached hydrogens (tertiary/aromatic N) is 1. The fourth-order valence-electron chi connectivity index (χ4n) is 2.73. The Balaban J connectivity index is 1.73. The minimum Gasteiger partial charge on any atom is -0.313 e. The molecule has 1 aromatic rings. The van der Waals surface area contributed by atoms with Crippen LogP contribution in [0.15, 0.2) is 11.6 Å². The zero-order valence-electron chi connectivity index (χ0n) is 11.0. The van der Waals surface area contributed by atoms with Crippen LogP contribution in [0.5, 0.6) is 0 Å². The summed E-state index contributed by atoms with van der Waals surface area (Å²) in [5, 5.41) is 7.03. The summed E-state index contributed by atoms with van der Waals surface area (Å²) < 4.78 is 0. The van der Waals surface area contributed by atoms with Crippen molar-refractivity contribution in [3.05, 3.63) is 16.6 Å². The van der Waals surface area contributed by atoms with E-state index in [4.69, 9.17) is 0 Å². The molecule has 1 aliphatic rings. The molecule has 2 nitrogen and oxygen atoms in total. The Hall–Kier alpha value is -0.410. The Bertz CT molecular complexity index is 304. The standard InChI is InChI=1S/C14H24N2S/c1-11(14-15-8-9-17-14)10-16-12(2)13-6-4-3-5-7-13/h8-9,11-13,16H,3-7,10H2,1-2H3. The Morgan fingerprint density at radius 2 is 2.12 bits per heavy atom.